The number of Topliss-reactive ketones (excluding diaryl/α,β-unsaturated/α-hetero) is 1. The Bertz CT molecular complexity index is 905. The van der Waals surface area contributed by atoms with E-state index in [1.165, 1.54) is 3.97 Å². The Hall–Kier alpha value is -1.88. The molecule has 2 atom stereocenters. The van der Waals surface area contributed by atoms with Crippen molar-refractivity contribution >= 4 is 15.8 Å². The maximum atomic E-state index is 13.1. The molecule has 2 aromatic rings. The van der Waals surface area contributed by atoms with Gasteiger partial charge < -0.3 is 0 Å². The predicted octanol–water partition coefficient (Wildman–Crippen LogP) is 3.91. The van der Waals surface area contributed by atoms with Crippen molar-refractivity contribution in [3.05, 3.63) is 52.8 Å². The van der Waals surface area contributed by atoms with Crippen molar-refractivity contribution < 1.29 is 13.2 Å². The summed E-state index contributed by atoms with van der Waals surface area (Å²) in [5.74, 6) is 0.0887. The number of nitrogens with zero attached hydrogens (tertiary/aromatic N) is 1. The van der Waals surface area contributed by atoms with E-state index in [4.69, 9.17) is 0 Å². The molecule has 0 spiro atoms. The Morgan fingerprint density at radius 3 is 2.21 bits per heavy atom. The highest BCUT2D eigenvalue weighted by atomic mass is 32.2. The van der Waals surface area contributed by atoms with E-state index in [0.717, 1.165) is 11.1 Å². The zero-order valence-corrected chi connectivity index (χ0v) is 15.5. The van der Waals surface area contributed by atoms with Gasteiger partial charge in [0.15, 0.2) is 5.78 Å². The number of carbonyl (C=O) groups is 1. The van der Waals surface area contributed by atoms with Crippen LogP contribution in [0.15, 0.2) is 35.2 Å². The fourth-order valence-electron chi connectivity index (χ4n) is 3.85. The second-order valence-electron chi connectivity index (χ2n) is 7.09. The third-order valence-electron chi connectivity index (χ3n) is 4.98. The standard InChI is InChI=1S/C19H23NO3S/c1-11(2)17-14(5)19(21)18-16(17)10-13(4)20(18)24(22,23)15-8-6-12(3)7-9-15/h6-11,14,17H,1-5H3/t14-,17-/m1/s1. The highest BCUT2D eigenvalue weighted by Crippen LogP contribution is 2.44. The summed E-state index contributed by atoms with van der Waals surface area (Å²) in [6.45, 7) is 9.70. The first-order valence-corrected chi connectivity index (χ1v) is 9.69. The van der Waals surface area contributed by atoms with Crippen LogP contribution in [0, 0.1) is 25.7 Å². The van der Waals surface area contributed by atoms with Gasteiger partial charge in [0.2, 0.25) is 0 Å². The van der Waals surface area contributed by atoms with Crippen molar-refractivity contribution in [3.63, 3.8) is 0 Å². The van der Waals surface area contributed by atoms with E-state index in [1.807, 2.05) is 19.9 Å². The molecule has 0 saturated carbocycles. The lowest BCUT2D eigenvalue weighted by atomic mass is 9.84. The zero-order valence-electron chi connectivity index (χ0n) is 14.7. The van der Waals surface area contributed by atoms with Gasteiger partial charge in [-0.25, -0.2) is 12.4 Å². The Kier molecular flexibility index (Phi) is 3.95. The van der Waals surface area contributed by atoms with Gasteiger partial charge >= 0.3 is 0 Å². The van der Waals surface area contributed by atoms with E-state index >= 15 is 0 Å². The zero-order chi connectivity index (χ0) is 17.8. The van der Waals surface area contributed by atoms with E-state index in [2.05, 4.69) is 13.8 Å². The molecule has 1 aliphatic rings. The van der Waals surface area contributed by atoms with E-state index in [0.29, 0.717) is 11.4 Å². The van der Waals surface area contributed by atoms with Crippen molar-refractivity contribution in [3.8, 4) is 0 Å². The topological polar surface area (TPSA) is 56.1 Å². The molecule has 0 unspecified atom stereocenters. The quantitative estimate of drug-likeness (QED) is 0.847. The molecule has 0 N–H and O–H groups in total. The molecule has 128 valence electrons. The van der Waals surface area contributed by atoms with Crippen LogP contribution in [0.5, 0.6) is 0 Å². The lowest BCUT2D eigenvalue weighted by Gasteiger charge is -2.19. The van der Waals surface area contributed by atoms with Gasteiger partial charge in [-0.05, 0) is 49.4 Å². The van der Waals surface area contributed by atoms with Crippen LogP contribution >= 0.6 is 0 Å². The van der Waals surface area contributed by atoms with Crippen LogP contribution in [0.25, 0.3) is 0 Å². The SMILES string of the molecule is Cc1ccc(S(=O)(=O)n2c(C)cc3c2C(=O)[C@H](C)[C@H]3C(C)C)cc1. The summed E-state index contributed by atoms with van der Waals surface area (Å²) < 4.78 is 27.5. The number of hydrogen-bond acceptors (Lipinski definition) is 3. The van der Waals surface area contributed by atoms with Crippen molar-refractivity contribution in [1.82, 2.24) is 3.97 Å². The number of fused-ring (bicyclic) bond motifs is 1. The monoisotopic (exact) mass is 345 g/mol. The minimum atomic E-state index is -3.78. The van der Waals surface area contributed by atoms with Gasteiger partial charge in [0.1, 0.15) is 5.69 Å². The summed E-state index contributed by atoms with van der Waals surface area (Å²) in [6.07, 6.45) is 0. The van der Waals surface area contributed by atoms with Gasteiger partial charge in [-0.2, -0.15) is 0 Å². The Morgan fingerprint density at radius 2 is 1.67 bits per heavy atom. The number of aromatic nitrogens is 1. The first-order valence-electron chi connectivity index (χ1n) is 8.25. The molecule has 0 bridgehead atoms. The van der Waals surface area contributed by atoms with Crippen LogP contribution in [0.4, 0.5) is 0 Å². The number of benzene rings is 1. The fraction of sp³-hybridized carbons (Fsp3) is 0.421. The fourth-order valence-corrected chi connectivity index (χ4v) is 5.41. The van der Waals surface area contributed by atoms with Crippen LogP contribution in [0.3, 0.4) is 0 Å². The number of rotatable bonds is 3. The first kappa shape index (κ1) is 17.0. The van der Waals surface area contributed by atoms with Gasteiger partial charge in [0.05, 0.1) is 4.90 Å². The van der Waals surface area contributed by atoms with E-state index < -0.39 is 10.0 Å². The number of ketones is 1. The normalized spacial score (nSPS) is 20.7. The van der Waals surface area contributed by atoms with E-state index in [9.17, 15) is 13.2 Å². The maximum absolute atomic E-state index is 13.1. The molecule has 5 heteroatoms. The summed E-state index contributed by atoms with van der Waals surface area (Å²) in [4.78, 5) is 13.0. The van der Waals surface area contributed by atoms with Gasteiger partial charge in [0, 0.05) is 11.6 Å². The number of aryl methyl sites for hydroxylation is 2. The second kappa shape index (κ2) is 5.59. The van der Waals surface area contributed by atoms with Crippen LogP contribution < -0.4 is 0 Å². The lowest BCUT2D eigenvalue weighted by molar-refractivity contribution is 0.0918. The smallest absolute Gasteiger partial charge is 0.268 e. The van der Waals surface area contributed by atoms with Crippen molar-refractivity contribution in [1.29, 1.82) is 0 Å². The number of carbonyl (C=O) groups excluding carboxylic acids is 1. The summed E-state index contributed by atoms with van der Waals surface area (Å²) in [5.41, 5.74) is 2.80. The Labute approximate surface area is 143 Å². The molecule has 0 amide bonds. The molecule has 0 radical (unpaired) electrons. The average molecular weight is 345 g/mol. The molecule has 4 nitrogen and oxygen atoms in total. The molecule has 1 heterocycles. The molecule has 3 rings (SSSR count). The highest BCUT2D eigenvalue weighted by Gasteiger charge is 2.43. The molecule has 1 aromatic carbocycles. The molecule has 0 aliphatic heterocycles. The summed E-state index contributed by atoms with van der Waals surface area (Å²) in [5, 5.41) is 0. The molecule has 1 aromatic heterocycles. The molecular formula is C19H23NO3S. The van der Waals surface area contributed by atoms with Gasteiger partial charge in [-0.1, -0.05) is 38.5 Å². The van der Waals surface area contributed by atoms with Crippen molar-refractivity contribution in [2.24, 2.45) is 11.8 Å². The second-order valence-corrected chi connectivity index (χ2v) is 8.88. The number of hydrogen-bond donors (Lipinski definition) is 0. The Balaban J connectivity index is 2.23. The Morgan fingerprint density at radius 1 is 1.08 bits per heavy atom. The summed E-state index contributed by atoms with van der Waals surface area (Å²) >= 11 is 0. The summed E-state index contributed by atoms with van der Waals surface area (Å²) in [7, 11) is -3.78. The molecule has 0 fully saturated rings. The third kappa shape index (κ3) is 2.34. The summed E-state index contributed by atoms with van der Waals surface area (Å²) in [6, 6.07) is 8.60. The third-order valence-corrected chi connectivity index (χ3v) is 6.80. The van der Waals surface area contributed by atoms with Crippen molar-refractivity contribution in [2.75, 3.05) is 0 Å². The molecule has 24 heavy (non-hydrogen) atoms. The lowest BCUT2D eigenvalue weighted by Crippen LogP contribution is -2.21. The van der Waals surface area contributed by atoms with Crippen LogP contribution in [-0.4, -0.2) is 18.2 Å². The minimum Gasteiger partial charge on any atom is -0.292 e. The van der Waals surface area contributed by atoms with E-state index in [-0.39, 0.29) is 28.4 Å². The predicted molar refractivity (Wildman–Crippen MR) is 94.0 cm³/mol. The first-order chi connectivity index (χ1) is 11.2. The molecular weight excluding hydrogens is 322 g/mol. The highest BCUT2D eigenvalue weighted by molar-refractivity contribution is 7.90. The van der Waals surface area contributed by atoms with Gasteiger partial charge in [-0.15, -0.1) is 0 Å². The van der Waals surface area contributed by atoms with Crippen LogP contribution in [0.1, 0.15) is 54.0 Å². The maximum Gasteiger partial charge on any atom is 0.268 e. The van der Waals surface area contributed by atoms with Gasteiger partial charge in [-0.3, -0.25) is 4.79 Å². The molecule has 1 aliphatic carbocycles. The van der Waals surface area contributed by atoms with Crippen LogP contribution in [-0.2, 0) is 10.0 Å². The average Bonchev–Trinajstić information content (AvgIpc) is 2.94. The van der Waals surface area contributed by atoms with E-state index in [1.54, 1.807) is 31.2 Å². The molecule has 0 saturated heterocycles. The largest absolute Gasteiger partial charge is 0.292 e. The minimum absolute atomic E-state index is 0.0701. The van der Waals surface area contributed by atoms with Gasteiger partial charge in [0.25, 0.3) is 10.0 Å². The van der Waals surface area contributed by atoms with Crippen LogP contribution in [0.2, 0.25) is 0 Å². The van der Waals surface area contributed by atoms with Crippen molar-refractivity contribution in [2.45, 2.75) is 45.4 Å².